The molecular formula is C12H16FN. The number of benzene rings is 1. The van der Waals surface area contributed by atoms with Crippen molar-refractivity contribution in [2.24, 2.45) is 5.92 Å². The molecule has 0 radical (unpaired) electrons. The van der Waals surface area contributed by atoms with Crippen LogP contribution in [0.2, 0.25) is 0 Å². The summed E-state index contributed by atoms with van der Waals surface area (Å²) in [4.78, 5) is 2.27. The summed E-state index contributed by atoms with van der Waals surface area (Å²) in [6.45, 7) is 4.24. The zero-order chi connectivity index (χ0) is 10.1. The second-order valence-electron chi connectivity index (χ2n) is 4.33. The molecule has 2 heteroatoms. The summed E-state index contributed by atoms with van der Waals surface area (Å²) < 4.78 is 13.5. The maximum atomic E-state index is 13.5. The minimum atomic E-state index is -0.0559. The SMILES string of the molecule is CC1CN(C)C[C@H]1c1ccccc1F. The number of hydrogen-bond donors (Lipinski definition) is 0. The highest BCUT2D eigenvalue weighted by atomic mass is 19.1. The van der Waals surface area contributed by atoms with Gasteiger partial charge < -0.3 is 4.90 Å². The third kappa shape index (κ3) is 1.67. The highest BCUT2D eigenvalue weighted by molar-refractivity contribution is 5.24. The van der Waals surface area contributed by atoms with Crippen LogP contribution in [-0.2, 0) is 0 Å². The van der Waals surface area contributed by atoms with E-state index >= 15 is 0 Å². The Labute approximate surface area is 84.5 Å². The Morgan fingerprint density at radius 3 is 2.57 bits per heavy atom. The molecule has 1 aromatic carbocycles. The molecule has 1 saturated heterocycles. The van der Waals surface area contributed by atoms with Crippen LogP contribution in [0, 0.1) is 11.7 Å². The molecule has 0 amide bonds. The van der Waals surface area contributed by atoms with E-state index in [2.05, 4.69) is 18.9 Å². The van der Waals surface area contributed by atoms with Crippen LogP contribution in [0.3, 0.4) is 0 Å². The normalized spacial score (nSPS) is 28.2. The molecule has 1 nitrogen and oxygen atoms in total. The first kappa shape index (κ1) is 9.66. The topological polar surface area (TPSA) is 3.24 Å². The van der Waals surface area contributed by atoms with E-state index in [0.29, 0.717) is 11.8 Å². The van der Waals surface area contributed by atoms with Crippen LogP contribution in [0.15, 0.2) is 24.3 Å². The fourth-order valence-electron chi connectivity index (χ4n) is 2.39. The Balaban J connectivity index is 2.27. The molecule has 0 N–H and O–H groups in total. The van der Waals surface area contributed by atoms with Crippen molar-refractivity contribution in [3.8, 4) is 0 Å². The number of rotatable bonds is 1. The molecule has 1 aliphatic heterocycles. The van der Waals surface area contributed by atoms with Crippen LogP contribution >= 0.6 is 0 Å². The molecule has 0 aliphatic carbocycles. The minimum Gasteiger partial charge on any atom is -0.305 e. The van der Waals surface area contributed by atoms with E-state index in [4.69, 9.17) is 0 Å². The van der Waals surface area contributed by atoms with Gasteiger partial charge >= 0.3 is 0 Å². The molecule has 1 heterocycles. The monoisotopic (exact) mass is 193 g/mol. The first-order valence-electron chi connectivity index (χ1n) is 5.11. The van der Waals surface area contributed by atoms with Gasteiger partial charge in [-0.1, -0.05) is 25.1 Å². The van der Waals surface area contributed by atoms with Crippen molar-refractivity contribution >= 4 is 0 Å². The zero-order valence-electron chi connectivity index (χ0n) is 8.70. The van der Waals surface area contributed by atoms with E-state index in [1.807, 2.05) is 12.1 Å². The number of hydrogen-bond acceptors (Lipinski definition) is 1. The fourth-order valence-corrected chi connectivity index (χ4v) is 2.39. The van der Waals surface area contributed by atoms with Crippen molar-refractivity contribution in [2.75, 3.05) is 20.1 Å². The second kappa shape index (κ2) is 3.70. The summed E-state index contributed by atoms with van der Waals surface area (Å²) in [7, 11) is 2.09. The van der Waals surface area contributed by atoms with E-state index in [0.717, 1.165) is 18.7 Å². The van der Waals surface area contributed by atoms with E-state index < -0.39 is 0 Å². The van der Waals surface area contributed by atoms with E-state index in [-0.39, 0.29) is 5.82 Å². The van der Waals surface area contributed by atoms with Crippen LogP contribution in [0.5, 0.6) is 0 Å². The Kier molecular flexibility index (Phi) is 2.55. The third-order valence-electron chi connectivity index (χ3n) is 3.10. The summed E-state index contributed by atoms with van der Waals surface area (Å²) in [5, 5.41) is 0. The molecule has 76 valence electrons. The Morgan fingerprint density at radius 2 is 2.00 bits per heavy atom. The lowest BCUT2D eigenvalue weighted by Gasteiger charge is -2.15. The molecule has 0 bridgehead atoms. The standard InChI is InChI=1S/C12H16FN/c1-9-7-14(2)8-11(9)10-5-3-4-6-12(10)13/h3-6,9,11H,7-8H2,1-2H3/t9?,11-/m1/s1. The number of halogens is 1. The molecule has 2 atom stereocenters. The van der Waals surface area contributed by atoms with Gasteiger partial charge in [0, 0.05) is 19.0 Å². The molecule has 2 rings (SSSR count). The average Bonchev–Trinajstić information content (AvgIpc) is 2.46. The first-order valence-corrected chi connectivity index (χ1v) is 5.11. The zero-order valence-corrected chi connectivity index (χ0v) is 8.70. The van der Waals surface area contributed by atoms with Gasteiger partial charge in [0.2, 0.25) is 0 Å². The van der Waals surface area contributed by atoms with E-state index in [1.165, 1.54) is 0 Å². The lowest BCUT2D eigenvalue weighted by Crippen LogP contribution is -2.13. The second-order valence-corrected chi connectivity index (χ2v) is 4.33. The molecule has 0 saturated carbocycles. The first-order chi connectivity index (χ1) is 6.68. The van der Waals surface area contributed by atoms with Gasteiger partial charge in [0.05, 0.1) is 0 Å². The molecule has 1 fully saturated rings. The predicted molar refractivity (Wildman–Crippen MR) is 55.8 cm³/mol. The molecular weight excluding hydrogens is 177 g/mol. The van der Waals surface area contributed by atoms with Crippen molar-refractivity contribution < 1.29 is 4.39 Å². The molecule has 0 spiro atoms. The molecule has 14 heavy (non-hydrogen) atoms. The van der Waals surface area contributed by atoms with Gasteiger partial charge in [-0.2, -0.15) is 0 Å². The van der Waals surface area contributed by atoms with Crippen LogP contribution in [0.4, 0.5) is 4.39 Å². The minimum absolute atomic E-state index is 0.0559. The van der Waals surface area contributed by atoms with Gasteiger partial charge in [-0.3, -0.25) is 0 Å². The van der Waals surface area contributed by atoms with Crippen molar-refractivity contribution in [2.45, 2.75) is 12.8 Å². The van der Waals surface area contributed by atoms with Gasteiger partial charge in [-0.05, 0) is 24.6 Å². The van der Waals surface area contributed by atoms with Crippen molar-refractivity contribution in [1.82, 2.24) is 4.90 Å². The summed E-state index contributed by atoms with van der Waals surface area (Å²) in [5.41, 5.74) is 0.879. The number of likely N-dealkylation sites (tertiary alicyclic amines) is 1. The maximum Gasteiger partial charge on any atom is 0.126 e. The van der Waals surface area contributed by atoms with Crippen LogP contribution in [-0.4, -0.2) is 25.0 Å². The molecule has 1 unspecified atom stereocenters. The predicted octanol–water partition coefficient (Wildman–Crippen LogP) is 2.49. The lowest BCUT2D eigenvalue weighted by atomic mass is 9.90. The Hall–Kier alpha value is -0.890. The fraction of sp³-hybridized carbons (Fsp3) is 0.500. The van der Waals surface area contributed by atoms with Crippen LogP contribution < -0.4 is 0 Å². The Bertz CT molecular complexity index is 324. The quantitative estimate of drug-likeness (QED) is 0.662. The molecule has 0 aromatic heterocycles. The van der Waals surface area contributed by atoms with Gasteiger partial charge in [-0.25, -0.2) is 4.39 Å². The highest BCUT2D eigenvalue weighted by Gasteiger charge is 2.29. The number of likely N-dealkylation sites (N-methyl/N-ethyl adjacent to an activating group) is 1. The van der Waals surface area contributed by atoms with Gasteiger partial charge in [0.15, 0.2) is 0 Å². The lowest BCUT2D eigenvalue weighted by molar-refractivity contribution is 0.400. The van der Waals surface area contributed by atoms with Crippen molar-refractivity contribution in [3.05, 3.63) is 35.6 Å². The van der Waals surface area contributed by atoms with Gasteiger partial charge in [-0.15, -0.1) is 0 Å². The van der Waals surface area contributed by atoms with E-state index in [9.17, 15) is 4.39 Å². The van der Waals surface area contributed by atoms with Crippen LogP contribution in [0.25, 0.3) is 0 Å². The van der Waals surface area contributed by atoms with Gasteiger partial charge in [0.1, 0.15) is 5.82 Å². The van der Waals surface area contributed by atoms with Crippen molar-refractivity contribution in [1.29, 1.82) is 0 Å². The van der Waals surface area contributed by atoms with Crippen molar-refractivity contribution in [3.63, 3.8) is 0 Å². The molecule has 1 aromatic rings. The Morgan fingerprint density at radius 1 is 1.29 bits per heavy atom. The highest BCUT2D eigenvalue weighted by Crippen LogP contribution is 2.32. The third-order valence-corrected chi connectivity index (χ3v) is 3.10. The largest absolute Gasteiger partial charge is 0.305 e. The molecule has 1 aliphatic rings. The average molecular weight is 193 g/mol. The maximum absolute atomic E-state index is 13.5. The smallest absolute Gasteiger partial charge is 0.126 e. The summed E-state index contributed by atoms with van der Waals surface area (Å²) in [5.74, 6) is 0.859. The summed E-state index contributed by atoms with van der Waals surface area (Å²) >= 11 is 0. The van der Waals surface area contributed by atoms with E-state index in [1.54, 1.807) is 12.1 Å². The van der Waals surface area contributed by atoms with Crippen LogP contribution in [0.1, 0.15) is 18.4 Å². The van der Waals surface area contributed by atoms with Gasteiger partial charge in [0.25, 0.3) is 0 Å². The number of nitrogens with zero attached hydrogens (tertiary/aromatic N) is 1. The summed E-state index contributed by atoms with van der Waals surface area (Å²) in [6, 6.07) is 7.14. The summed E-state index contributed by atoms with van der Waals surface area (Å²) in [6.07, 6.45) is 0.